The molecule has 1 amide bonds. The van der Waals surface area contributed by atoms with Gasteiger partial charge in [-0.25, -0.2) is 9.18 Å². The van der Waals surface area contributed by atoms with Gasteiger partial charge in [0.2, 0.25) is 5.91 Å². The van der Waals surface area contributed by atoms with E-state index in [1.165, 1.54) is 11.0 Å². The van der Waals surface area contributed by atoms with Gasteiger partial charge in [-0.1, -0.05) is 24.3 Å². The van der Waals surface area contributed by atoms with E-state index in [1.807, 2.05) is 11.9 Å². The molecule has 6 heteroatoms. The molecule has 3 rings (SSSR count). The largest absolute Gasteiger partial charge is 0.478 e. The molecule has 1 atom stereocenters. The molecule has 1 heterocycles. The number of aromatic carboxylic acids is 1. The van der Waals surface area contributed by atoms with E-state index in [1.54, 1.807) is 42.5 Å². The van der Waals surface area contributed by atoms with Gasteiger partial charge in [0.15, 0.2) is 0 Å². The van der Waals surface area contributed by atoms with Gasteiger partial charge in [0.1, 0.15) is 5.82 Å². The summed E-state index contributed by atoms with van der Waals surface area (Å²) in [7, 11) is 1.85. The number of benzene rings is 2. The van der Waals surface area contributed by atoms with E-state index in [0.29, 0.717) is 25.2 Å². The first-order valence-electron chi connectivity index (χ1n) is 8.06. The Morgan fingerprint density at radius 1 is 1.24 bits per heavy atom. The molecule has 130 valence electrons. The van der Waals surface area contributed by atoms with Gasteiger partial charge in [-0.2, -0.15) is 0 Å². The quantitative estimate of drug-likeness (QED) is 0.908. The summed E-state index contributed by atoms with van der Waals surface area (Å²) in [6, 6.07) is 12.5. The number of para-hydroxylation sites is 1. The van der Waals surface area contributed by atoms with Gasteiger partial charge in [-0.15, -0.1) is 0 Å². The summed E-state index contributed by atoms with van der Waals surface area (Å²) in [4.78, 5) is 27.0. The summed E-state index contributed by atoms with van der Waals surface area (Å²) in [5, 5.41) is 8.93. The molecular weight excluding hydrogens is 323 g/mol. The zero-order chi connectivity index (χ0) is 18.0. The highest BCUT2D eigenvalue weighted by molar-refractivity contribution is 5.99. The number of likely N-dealkylation sites (N-methyl/N-ethyl adjacent to an activating group) is 1. The number of hydrogen-bond donors (Lipinski definition) is 1. The number of rotatable bonds is 5. The smallest absolute Gasteiger partial charge is 0.335 e. The number of carboxylic acids is 1. The third kappa shape index (κ3) is 3.53. The number of halogens is 1. The zero-order valence-corrected chi connectivity index (χ0v) is 13.9. The molecule has 1 unspecified atom stereocenters. The van der Waals surface area contributed by atoms with E-state index >= 15 is 0 Å². The van der Waals surface area contributed by atoms with Crippen molar-refractivity contribution < 1.29 is 19.1 Å². The van der Waals surface area contributed by atoms with Gasteiger partial charge in [0.25, 0.3) is 0 Å². The first-order chi connectivity index (χ1) is 12.0. The average Bonchev–Trinajstić information content (AvgIpc) is 2.97. The van der Waals surface area contributed by atoms with Crippen molar-refractivity contribution in [1.29, 1.82) is 0 Å². The standard InChI is InChI=1S/C19H19FN2O3/c1-21(12-13-6-8-14(9-7-13)19(24)25)17-10-11-22(18(17)23)16-5-3-2-4-15(16)20/h2-9,17H,10-12H2,1H3,(H,24,25). The Hall–Kier alpha value is -2.73. The van der Waals surface area contributed by atoms with E-state index < -0.39 is 11.8 Å². The van der Waals surface area contributed by atoms with E-state index in [-0.39, 0.29) is 17.5 Å². The van der Waals surface area contributed by atoms with Crippen molar-refractivity contribution in [2.45, 2.75) is 19.0 Å². The molecule has 25 heavy (non-hydrogen) atoms. The second kappa shape index (κ2) is 7.03. The van der Waals surface area contributed by atoms with Crippen LogP contribution in [-0.2, 0) is 11.3 Å². The summed E-state index contributed by atoms with van der Waals surface area (Å²) in [5.74, 6) is -1.48. The number of hydrogen-bond acceptors (Lipinski definition) is 3. The van der Waals surface area contributed by atoms with Crippen LogP contribution in [0, 0.1) is 5.82 Å². The Kier molecular flexibility index (Phi) is 4.81. The molecule has 0 spiro atoms. The molecule has 1 fully saturated rings. The van der Waals surface area contributed by atoms with Crippen LogP contribution in [0.1, 0.15) is 22.3 Å². The lowest BCUT2D eigenvalue weighted by atomic mass is 10.1. The van der Waals surface area contributed by atoms with E-state index in [2.05, 4.69) is 0 Å². The van der Waals surface area contributed by atoms with E-state index in [4.69, 9.17) is 5.11 Å². The zero-order valence-electron chi connectivity index (χ0n) is 13.9. The summed E-state index contributed by atoms with van der Waals surface area (Å²) in [6.07, 6.45) is 0.622. The normalized spacial score (nSPS) is 17.3. The third-order valence-corrected chi connectivity index (χ3v) is 4.49. The van der Waals surface area contributed by atoms with Crippen LogP contribution in [0.4, 0.5) is 10.1 Å². The molecule has 5 nitrogen and oxygen atoms in total. The minimum absolute atomic E-state index is 0.116. The minimum atomic E-state index is -0.966. The van der Waals surface area contributed by atoms with Crippen LogP contribution in [0.25, 0.3) is 0 Å². The van der Waals surface area contributed by atoms with Crippen molar-refractivity contribution >= 4 is 17.6 Å². The second-order valence-corrected chi connectivity index (χ2v) is 6.16. The molecule has 0 aliphatic carbocycles. The van der Waals surface area contributed by atoms with Crippen molar-refractivity contribution in [2.24, 2.45) is 0 Å². The molecular formula is C19H19FN2O3. The number of amides is 1. The fourth-order valence-electron chi connectivity index (χ4n) is 3.13. The van der Waals surface area contributed by atoms with Crippen LogP contribution >= 0.6 is 0 Å². The lowest BCUT2D eigenvalue weighted by molar-refractivity contribution is -0.121. The number of carbonyl (C=O) groups is 2. The van der Waals surface area contributed by atoms with Gasteiger partial charge in [0.05, 0.1) is 17.3 Å². The molecule has 0 radical (unpaired) electrons. The maximum Gasteiger partial charge on any atom is 0.335 e. The van der Waals surface area contributed by atoms with Gasteiger partial charge in [-0.05, 0) is 43.3 Å². The van der Waals surface area contributed by atoms with Gasteiger partial charge in [-0.3, -0.25) is 9.69 Å². The molecule has 0 saturated carbocycles. The number of nitrogens with zero attached hydrogens (tertiary/aromatic N) is 2. The fourth-order valence-corrected chi connectivity index (χ4v) is 3.13. The predicted octanol–water partition coefficient (Wildman–Crippen LogP) is 2.76. The maximum atomic E-state index is 13.9. The van der Waals surface area contributed by atoms with Crippen molar-refractivity contribution in [3.8, 4) is 0 Å². The average molecular weight is 342 g/mol. The van der Waals surface area contributed by atoms with Crippen molar-refractivity contribution in [1.82, 2.24) is 4.90 Å². The fraction of sp³-hybridized carbons (Fsp3) is 0.263. The predicted molar refractivity (Wildman–Crippen MR) is 92.0 cm³/mol. The Morgan fingerprint density at radius 2 is 1.92 bits per heavy atom. The molecule has 1 saturated heterocycles. The summed E-state index contributed by atoms with van der Waals surface area (Å²) < 4.78 is 13.9. The lowest BCUT2D eigenvalue weighted by Crippen LogP contribution is -2.39. The van der Waals surface area contributed by atoms with Crippen LogP contribution < -0.4 is 4.90 Å². The molecule has 1 N–H and O–H groups in total. The number of carbonyl (C=O) groups excluding carboxylic acids is 1. The minimum Gasteiger partial charge on any atom is -0.478 e. The van der Waals surface area contributed by atoms with Crippen LogP contribution in [0.5, 0.6) is 0 Å². The van der Waals surface area contributed by atoms with Crippen molar-refractivity contribution in [3.63, 3.8) is 0 Å². The Balaban J connectivity index is 1.69. The topological polar surface area (TPSA) is 60.9 Å². The second-order valence-electron chi connectivity index (χ2n) is 6.16. The first kappa shape index (κ1) is 17.1. The lowest BCUT2D eigenvalue weighted by Gasteiger charge is -2.24. The Bertz CT molecular complexity index is 792. The Labute approximate surface area is 145 Å². The van der Waals surface area contributed by atoms with Crippen LogP contribution in [0.2, 0.25) is 0 Å². The van der Waals surface area contributed by atoms with Gasteiger partial charge in [0, 0.05) is 13.1 Å². The van der Waals surface area contributed by atoms with Crippen molar-refractivity contribution in [2.75, 3.05) is 18.5 Å². The van der Waals surface area contributed by atoms with Crippen LogP contribution in [0.3, 0.4) is 0 Å². The number of carboxylic acid groups (broad SMARTS) is 1. The molecule has 1 aliphatic rings. The SMILES string of the molecule is CN(Cc1ccc(C(=O)O)cc1)C1CCN(c2ccccc2F)C1=O. The highest BCUT2D eigenvalue weighted by Gasteiger charge is 2.36. The monoisotopic (exact) mass is 342 g/mol. The highest BCUT2D eigenvalue weighted by atomic mass is 19.1. The summed E-state index contributed by atoms with van der Waals surface area (Å²) in [5.41, 5.74) is 1.47. The molecule has 1 aliphatic heterocycles. The highest BCUT2D eigenvalue weighted by Crippen LogP contribution is 2.26. The van der Waals surface area contributed by atoms with Crippen LogP contribution in [0.15, 0.2) is 48.5 Å². The third-order valence-electron chi connectivity index (χ3n) is 4.49. The molecule has 0 bridgehead atoms. The van der Waals surface area contributed by atoms with E-state index in [9.17, 15) is 14.0 Å². The number of anilines is 1. The first-order valence-corrected chi connectivity index (χ1v) is 8.06. The molecule has 2 aromatic rings. The van der Waals surface area contributed by atoms with Crippen LogP contribution in [-0.4, -0.2) is 41.5 Å². The maximum absolute atomic E-state index is 13.9. The van der Waals surface area contributed by atoms with Crippen molar-refractivity contribution in [3.05, 3.63) is 65.5 Å². The Morgan fingerprint density at radius 3 is 2.56 bits per heavy atom. The summed E-state index contributed by atoms with van der Waals surface area (Å²) >= 11 is 0. The molecule has 0 aromatic heterocycles. The van der Waals surface area contributed by atoms with E-state index in [0.717, 1.165) is 5.56 Å². The van der Waals surface area contributed by atoms with Gasteiger partial charge >= 0.3 is 5.97 Å². The molecule has 2 aromatic carbocycles. The summed E-state index contributed by atoms with van der Waals surface area (Å²) in [6.45, 7) is 0.994. The van der Waals surface area contributed by atoms with Gasteiger partial charge < -0.3 is 10.0 Å².